The summed E-state index contributed by atoms with van der Waals surface area (Å²) in [4.78, 5) is 0. The standard InChI is InChI=1S/C9H6FN3O/c10-8-5-13-6-11-12-9(13)4-7(8)2-1-3-14/h4-6,14H,3H2. The van der Waals surface area contributed by atoms with Gasteiger partial charge in [0.15, 0.2) is 11.5 Å². The summed E-state index contributed by atoms with van der Waals surface area (Å²) in [6, 6.07) is 1.48. The molecule has 0 atom stereocenters. The van der Waals surface area contributed by atoms with Crippen molar-refractivity contribution in [3.05, 3.63) is 30.0 Å². The molecule has 4 nitrogen and oxygen atoms in total. The van der Waals surface area contributed by atoms with Crippen LogP contribution in [0.3, 0.4) is 0 Å². The zero-order chi connectivity index (χ0) is 9.97. The third kappa shape index (κ3) is 1.43. The zero-order valence-electron chi connectivity index (χ0n) is 7.11. The lowest BCUT2D eigenvalue weighted by molar-refractivity contribution is 0.350. The number of aliphatic hydroxyl groups is 1. The molecule has 0 unspecified atom stereocenters. The van der Waals surface area contributed by atoms with Crippen molar-refractivity contribution in [3.63, 3.8) is 0 Å². The molecule has 0 saturated heterocycles. The van der Waals surface area contributed by atoms with Gasteiger partial charge in [-0.3, -0.25) is 4.40 Å². The summed E-state index contributed by atoms with van der Waals surface area (Å²) < 4.78 is 14.7. The summed E-state index contributed by atoms with van der Waals surface area (Å²) in [6.45, 7) is -0.294. The van der Waals surface area contributed by atoms with E-state index in [0.717, 1.165) is 0 Å². The van der Waals surface area contributed by atoms with E-state index in [1.54, 1.807) is 0 Å². The lowest BCUT2D eigenvalue weighted by Crippen LogP contribution is -1.90. The van der Waals surface area contributed by atoms with Crippen LogP contribution in [0, 0.1) is 17.7 Å². The van der Waals surface area contributed by atoms with Crippen LogP contribution >= 0.6 is 0 Å². The van der Waals surface area contributed by atoms with E-state index in [2.05, 4.69) is 22.0 Å². The van der Waals surface area contributed by atoms with Gasteiger partial charge < -0.3 is 5.11 Å². The molecule has 5 heteroatoms. The zero-order valence-corrected chi connectivity index (χ0v) is 7.11. The summed E-state index contributed by atoms with van der Waals surface area (Å²) in [5.74, 6) is 4.40. The smallest absolute Gasteiger partial charge is 0.161 e. The topological polar surface area (TPSA) is 50.4 Å². The number of fused-ring (bicyclic) bond motifs is 1. The van der Waals surface area contributed by atoms with E-state index in [4.69, 9.17) is 5.11 Å². The van der Waals surface area contributed by atoms with Crippen LogP contribution in [0.5, 0.6) is 0 Å². The Balaban J connectivity index is 2.59. The molecule has 14 heavy (non-hydrogen) atoms. The van der Waals surface area contributed by atoms with Gasteiger partial charge in [-0.1, -0.05) is 11.8 Å². The molecule has 0 saturated carbocycles. The minimum absolute atomic E-state index is 0.208. The average Bonchev–Trinajstić information content (AvgIpc) is 2.61. The summed E-state index contributed by atoms with van der Waals surface area (Å²) in [5, 5.41) is 15.8. The highest BCUT2D eigenvalue weighted by Crippen LogP contribution is 2.08. The van der Waals surface area contributed by atoms with Gasteiger partial charge in [-0.25, -0.2) is 4.39 Å². The van der Waals surface area contributed by atoms with Crippen LogP contribution in [0.2, 0.25) is 0 Å². The third-order valence-electron chi connectivity index (χ3n) is 1.69. The summed E-state index contributed by atoms with van der Waals surface area (Å²) in [5.41, 5.74) is 0.730. The van der Waals surface area contributed by atoms with Crippen molar-refractivity contribution in [1.82, 2.24) is 14.6 Å². The van der Waals surface area contributed by atoms with Gasteiger partial charge in [-0.2, -0.15) is 0 Å². The molecule has 2 heterocycles. The lowest BCUT2D eigenvalue weighted by Gasteiger charge is -1.95. The largest absolute Gasteiger partial charge is 0.384 e. The van der Waals surface area contributed by atoms with Gasteiger partial charge in [-0.05, 0) is 0 Å². The Kier molecular flexibility index (Phi) is 2.13. The minimum atomic E-state index is -0.460. The van der Waals surface area contributed by atoms with Crippen LogP contribution in [0.1, 0.15) is 5.56 Å². The minimum Gasteiger partial charge on any atom is -0.384 e. The fourth-order valence-electron chi connectivity index (χ4n) is 1.07. The van der Waals surface area contributed by atoms with Crippen molar-refractivity contribution in [1.29, 1.82) is 0 Å². The first-order valence-corrected chi connectivity index (χ1v) is 3.90. The van der Waals surface area contributed by atoms with Crippen molar-refractivity contribution in [3.8, 4) is 11.8 Å². The van der Waals surface area contributed by atoms with Gasteiger partial charge in [0.05, 0.1) is 5.56 Å². The number of hydrogen-bond donors (Lipinski definition) is 1. The molecule has 0 aromatic carbocycles. The van der Waals surface area contributed by atoms with Crippen molar-refractivity contribution in [2.75, 3.05) is 6.61 Å². The third-order valence-corrected chi connectivity index (χ3v) is 1.69. The Labute approximate surface area is 79.0 Å². The van der Waals surface area contributed by atoms with E-state index in [0.29, 0.717) is 5.65 Å². The molecule has 2 rings (SSSR count). The second-order valence-electron chi connectivity index (χ2n) is 2.59. The fraction of sp³-hybridized carbons (Fsp3) is 0.111. The predicted octanol–water partition coefficient (Wildman–Crippen LogP) is 0.212. The van der Waals surface area contributed by atoms with E-state index in [1.807, 2.05) is 0 Å². The molecule has 0 radical (unpaired) electrons. The summed E-state index contributed by atoms with van der Waals surface area (Å²) in [6.07, 6.45) is 2.65. The van der Waals surface area contributed by atoms with Crippen LogP contribution < -0.4 is 0 Å². The molecule has 0 aliphatic carbocycles. The lowest BCUT2D eigenvalue weighted by atomic mass is 10.2. The predicted molar refractivity (Wildman–Crippen MR) is 46.9 cm³/mol. The van der Waals surface area contributed by atoms with Crippen LogP contribution in [-0.4, -0.2) is 26.3 Å². The Morgan fingerprint density at radius 1 is 1.57 bits per heavy atom. The number of rotatable bonds is 0. The van der Waals surface area contributed by atoms with Gasteiger partial charge in [0, 0.05) is 12.3 Å². The van der Waals surface area contributed by atoms with Gasteiger partial charge in [0.1, 0.15) is 12.9 Å². The first-order chi connectivity index (χ1) is 6.81. The quantitative estimate of drug-likeness (QED) is 0.606. The molecule has 0 amide bonds. The maximum absolute atomic E-state index is 13.3. The summed E-state index contributed by atoms with van der Waals surface area (Å²) >= 11 is 0. The van der Waals surface area contributed by atoms with E-state index in [-0.39, 0.29) is 12.2 Å². The molecular weight excluding hydrogens is 185 g/mol. The van der Waals surface area contributed by atoms with Crippen LogP contribution in [0.4, 0.5) is 4.39 Å². The fourth-order valence-corrected chi connectivity index (χ4v) is 1.07. The molecule has 0 aliphatic heterocycles. The number of hydrogen-bond acceptors (Lipinski definition) is 3. The second kappa shape index (κ2) is 3.44. The molecule has 2 aromatic rings. The number of nitrogens with zero attached hydrogens (tertiary/aromatic N) is 3. The molecule has 0 bridgehead atoms. The maximum atomic E-state index is 13.3. The van der Waals surface area contributed by atoms with Gasteiger partial charge >= 0.3 is 0 Å². The van der Waals surface area contributed by atoms with Crippen LogP contribution in [-0.2, 0) is 0 Å². The van der Waals surface area contributed by atoms with Crippen molar-refractivity contribution in [2.45, 2.75) is 0 Å². The first-order valence-electron chi connectivity index (χ1n) is 3.90. The van der Waals surface area contributed by atoms with Crippen molar-refractivity contribution >= 4 is 5.65 Å². The number of aromatic nitrogens is 3. The maximum Gasteiger partial charge on any atom is 0.161 e. The van der Waals surface area contributed by atoms with Crippen LogP contribution in [0.25, 0.3) is 5.65 Å². The molecule has 70 valence electrons. The van der Waals surface area contributed by atoms with Gasteiger partial charge in [0.2, 0.25) is 0 Å². The van der Waals surface area contributed by atoms with E-state index in [1.165, 1.54) is 23.0 Å². The Morgan fingerprint density at radius 3 is 3.21 bits per heavy atom. The number of aliphatic hydroxyl groups excluding tert-OH is 1. The summed E-state index contributed by atoms with van der Waals surface area (Å²) in [7, 11) is 0. The Bertz CT molecular complexity index is 524. The Morgan fingerprint density at radius 2 is 2.43 bits per heavy atom. The number of halogens is 1. The highest BCUT2D eigenvalue weighted by Gasteiger charge is 2.02. The van der Waals surface area contributed by atoms with E-state index < -0.39 is 5.82 Å². The molecular formula is C9H6FN3O. The van der Waals surface area contributed by atoms with Crippen LogP contribution in [0.15, 0.2) is 18.6 Å². The second-order valence-corrected chi connectivity index (χ2v) is 2.59. The SMILES string of the molecule is OCC#Cc1cc2nncn2cc1F. The van der Waals surface area contributed by atoms with E-state index in [9.17, 15) is 4.39 Å². The Hall–Kier alpha value is -1.93. The van der Waals surface area contributed by atoms with Gasteiger partial charge in [-0.15, -0.1) is 10.2 Å². The molecule has 0 aliphatic rings. The number of pyridine rings is 1. The highest BCUT2D eigenvalue weighted by molar-refractivity contribution is 5.47. The molecule has 1 N–H and O–H groups in total. The molecule has 2 aromatic heterocycles. The normalized spacial score (nSPS) is 9.86. The first kappa shape index (κ1) is 8.66. The van der Waals surface area contributed by atoms with E-state index >= 15 is 0 Å². The monoisotopic (exact) mass is 191 g/mol. The van der Waals surface area contributed by atoms with Crippen molar-refractivity contribution < 1.29 is 9.50 Å². The molecule has 0 spiro atoms. The highest BCUT2D eigenvalue weighted by atomic mass is 19.1. The van der Waals surface area contributed by atoms with Gasteiger partial charge in [0.25, 0.3) is 0 Å². The average molecular weight is 191 g/mol. The van der Waals surface area contributed by atoms with Crippen molar-refractivity contribution in [2.24, 2.45) is 0 Å². The molecule has 0 fully saturated rings.